The Morgan fingerprint density at radius 2 is 2.11 bits per heavy atom. The highest BCUT2D eigenvalue weighted by Crippen LogP contribution is 2.44. The van der Waals surface area contributed by atoms with Crippen LogP contribution < -0.4 is 10.1 Å². The average Bonchev–Trinajstić information content (AvgIpc) is 3.24. The number of ether oxygens (including phenoxy) is 2. The first kappa shape index (κ1) is 18.3. The van der Waals surface area contributed by atoms with Gasteiger partial charge in [0.2, 0.25) is 0 Å². The van der Waals surface area contributed by atoms with E-state index in [2.05, 4.69) is 15.6 Å². The minimum absolute atomic E-state index is 0.268. The number of aromatic nitrogens is 2. The molecule has 2 unspecified atom stereocenters. The van der Waals surface area contributed by atoms with Crippen LogP contribution in [0.5, 0.6) is 5.75 Å². The molecule has 8 nitrogen and oxygen atoms in total. The van der Waals surface area contributed by atoms with E-state index in [1.165, 1.54) is 0 Å². The van der Waals surface area contributed by atoms with Gasteiger partial charge in [0, 0.05) is 30.8 Å². The summed E-state index contributed by atoms with van der Waals surface area (Å²) in [6.07, 6.45) is 1.38. The van der Waals surface area contributed by atoms with Crippen molar-refractivity contribution in [2.45, 2.75) is 45.0 Å². The van der Waals surface area contributed by atoms with Crippen LogP contribution in [-0.2, 0) is 16.6 Å². The van der Waals surface area contributed by atoms with E-state index in [-0.39, 0.29) is 18.8 Å². The SMILES string of the molecule is Cn1cc2c(n1)C(C1CC(CNC(=O)OC(C)(C)C)=NO1)Oc1ccccc1-2. The number of alkyl carbamates (subject to hydrolysis) is 1. The molecule has 28 heavy (non-hydrogen) atoms. The van der Waals surface area contributed by atoms with Crippen LogP contribution in [-0.4, -0.2) is 39.8 Å². The summed E-state index contributed by atoms with van der Waals surface area (Å²) >= 11 is 0. The predicted octanol–water partition coefficient (Wildman–Crippen LogP) is 3.19. The molecule has 8 heteroatoms. The maximum Gasteiger partial charge on any atom is 0.407 e. The number of nitrogens with one attached hydrogen (secondary N) is 1. The van der Waals surface area contributed by atoms with Gasteiger partial charge in [-0.15, -0.1) is 0 Å². The van der Waals surface area contributed by atoms with Crippen molar-refractivity contribution < 1.29 is 19.1 Å². The largest absolute Gasteiger partial charge is 0.479 e. The van der Waals surface area contributed by atoms with Crippen molar-refractivity contribution in [2.24, 2.45) is 12.2 Å². The lowest BCUT2D eigenvalue weighted by molar-refractivity contribution is -0.00861. The van der Waals surface area contributed by atoms with Gasteiger partial charge in [-0.05, 0) is 26.8 Å². The van der Waals surface area contributed by atoms with E-state index in [9.17, 15) is 4.79 Å². The molecule has 1 aromatic carbocycles. The molecule has 1 N–H and O–H groups in total. The fourth-order valence-corrected chi connectivity index (χ4v) is 3.36. The van der Waals surface area contributed by atoms with Crippen molar-refractivity contribution in [1.82, 2.24) is 15.1 Å². The van der Waals surface area contributed by atoms with E-state index < -0.39 is 11.7 Å². The lowest BCUT2D eigenvalue weighted by atomic mass is 9.95. The Morgan fingerprint density at radius 1 is 1.32 bits per heavy atom. The average molecular weight is 384 g/mol. The second-order valence-electron chi connectivity index (χ2n) is 8.00. The molecule has 2 aromatic rings. The number of oxime groups is 1. The van der Waals surface area contributed by atoms with E-state index in [0.717, 1.165) is 28.3 Å². The normalized spacial score (nSPS) is 20.4. The Kier molecular flexibility index (Phi) is 4.49. The molecule has 0 fully saturated rings. The summed E-state index contributed by atoms with van der Waals surface area (Å²) in [5.41, 5.74) is 3.09. The number of carbonyl (C=O) groups is 1. The highest BCUT2D eigenvalue weighted by Gasteiger charge is 2.39. The third-order valence-corrected chi connectivity index (χ3v) is 4.49. The number of carbonyl (C=O) groups excluding carboxylic acids is 1. The lowest BCUT2D eigenvalue weighted by Gasteiger charge is -2.27. The van der Waals surface area contributed by atoms with Gasteiger partial charge in [-0.3, -0.25) is 4.68 Å². The number of aryl methyl sites for hydroxylation is 1. The van der Waals surface area contributed by atoms with Crippen LogP contribution in [0.4, 0.5) is 4.79 Å². The van der Waals surface area contributed by atoms with Crippen LogP contribution in [0.3, 0.4) is 0 Å². The maximum absolute atomic E-state index is 11.8. The first-order valence-corrected chi connectivity index (χ1v) is 9.28. The van der Waals surface area contributed by atoms with Gasteiger partial charge in [0.25, 0.3) is 0 Å². The lowest BCUT2D eigenvalue weighted by Crippen LogP contribution is -2.35. The smallest absolute Gasteiger partial charge is 0.407 e. The third kappa shape index (κ3) is 3.67. The van der Waals surface area contributed by atoms with Crippen LogP contribution in [0.15, 0.2) is 35.6 Å². The van der Waals surface area contributed by atoms with Crippen molar-refractivity contribution in [2.75, 3.05) is 6.54 Å². The Labute approximate surface area is 163 Å². The van der Waals surface area contributed by atoms with Gasteiger partial charge in [0.1, 0.15) is 17.0 Å². The van der Waals surface area contributed by atoms with Crippen LogP contribution in [0.2, 0.25) is 0 Å². The van der Waals surface area contributed by atoms with Crippen LogP contribution in [0, 0.1) is 0 Å². The summed E-state index contributed by atoms with van der Waals surface area (Å²) in [6, 6.07) is 7.89. The monoisotopic (exact) mass is 384 g/mol. The molecule has 3 heterocycles. The topological polar surface area (TPSA) is 87.0 Å². The number of nitrogens with zero attached hydrogens (tertiary/aromatic N) is 3. The number of benzene rings is 1. The maximum atomic E-state index is 11.8. The molecular formula is C20H24N4O4. The van der Waals surface area contributed by atoms with Gasteiger partial charge in [-0.25, -0.2) is 4.79 Å². The molecule has 0 saturated heterocycles. The van der Waals surface area contributed by atoms with Crippen molar-refractivity contribution in [3.05, 3.63) is 36.2 Å². The van der Waals surface area contributed by atoms with Crippen LogP contribution in [0.25, 0.3) is 11.1 Å². The zero-order valence-corrected chi connectivity index (χ0v) is 16.4. The Bertz CT molecular complexity index is 929. The van der Waals surface area contributed by atoms with Gasteiger partial charge < -0.3 is 19.6 Å². The molecule has 4 rings (SSSR count). The van der Waals surface area contributed by atoms with Crippen molar-refractivity contribution in [3.63, 3.8) is 0 Å². The number of fused-ring (bicyclic) bond motifs is 3. The number of amides is 1. The number of hydrogen-bond donors (Lipinski definition) is 1. The summed E-state index contributed by atoms with van der Waals surface area (Å²) < 4.78 is 13.2. The van der Waals surface area contributed by atoms with Gasteiger partial charge in [0.15, 0.2) is 12.2 Å². The van der Waals surface area contributed by atoms with Crippen molar-refractivity contribution in [3.8, 4) is 16.9 Å². The summed E-state index contributed by atoms with van der Waals surface area (Å²) in [7, 11) is 1.89. The fraction of sp³-hybridized carbons (Fsp3) is 0.450. The summed E-state index contributed by atoms with van der Waals surface area (Å²) in [5, 5.41) is 11.4. The van der Waals surface area contributed by atoms with Gasteiger partial charge >= 0.3 is 6.09 Å². The summed E-state index contributed by atoms with van der Waals surface area (Å²) in [5.74, 6) is 0.803. The highest BCUT2D eigenvalue weighted by atomic mass is 16.7. The molecule has 0 bridgehead atoms. The highest BCUT2D eigenvalue weighted by molar-refractivity contribution is 5.90. The second kappa shape index (κ2) is 6.85. The quantitative estimate of drug-likeness (QED) is 0.878. The summed E-state index contributed by atoms with van der Waals surface area (Å²) in [6.45, 7) is 5.73. The predicted molar refractivity (Wildman–Crippen MR) is 103 cm³/mol. The Morgan fingerprint density at radius 3 is 2.89 bits per heavy atom. The zero-order valence-electron chi connectivity index (χ0n) is 16.4. The molecule has 0 radical (unpaired) electrons. The second-order valence-corrected chi connectivity index (χ2v) is 8.00. The van der Waals surface area contributed by atoms with E-state index >= 15 is 0 Å². The molecule has 2 aliphatic heterocycles. The number of para-hydroxylation sites is 1. The molecule has 2 aliphatic rings. The number of hydrogen-bond acceptors (Lipinski definition) is 6. The van der Waals surface area contributed by atoms with Gasteiger partial charge in [0.05, 0.1) is 12.3 Å². The van der Waals surface area contributed by atoms with Gasteiger partial charge in [-0.1, -0.05) is 23.4 Å². The van der Waals surface area contributed by atoms with Crippen molar-refractivity contribution in [1.29, 1.82) is 0 Å². The first-order chi connectivity index (χ1) is 13.3. The summed E-state index contributed by atoms with van der Waals surface area (Å²) in [4.78, 5) is 17.5. The first-order valence-electron chi connectivity index (χ1n) is 9.28. The molecule has 0 saturated carbocycles. The van der Waals surface area contributed by atoms with Crippen molar-refractivity contribution >= 4 is 11.8 Å². The van der Waals surface area contributed by atoms with Crippen LogP contribution in [0.1, 0.15) is 39.0 Å². The zero-order chi connectivity index (χ0) is 19.9. The van der Waals surface area contributed by atoms with E-state index in [1.54, 1.807) is 4.68 Å². The minimum Gasteiger partial charge on any atom is -0.479 e. The molecule has 0 spiro atoms. The minimum atomic E-state index is -0.542. The van der Waals surface area contributed by atoms with E-state index in [1.807, 2.05) is 58.3 Å². The molecule has 148 valence electrons. The standard InChI is InChI=1S/C20H24N4O4/c1-20(2,3)27-19(25)21-10-12-9-16(28-23-12)18-17-14(11-24(4)22-17)13-7-5-6-8-15(13)26-18/h5-8,11,16,18H,9-10H2,1-4H3,(H,21,25). The van der Waals surface area contributed by atoms with Gasteiger partial charge in [-0.2, -0.15) is 5.10 Å². The van der Waals surface area contributed by atoms with Crippen LogP contribution >= 0.6 is 0 Å². The Balaban J connectivity index is 1.43. The van der Waals surface area contributed by atoms with E-state index in [0.29, 0.717) is 6.42 Å². The molecular weight excluding hydrogens is 360 g/mol. The molecule has 1 amide bonds. The molecule has 1 aromatic heterocycles. The number of rotatable bonds is 3. The Hall–Kier alpha value is -3.03. The molecule has 2 atom stereocenters. The fourth-order valence-electron chi connectivity index (χ4n) is 3.36. The van der Waals surface area contributed by atoms with E-state index in [4.69, 9.17) is 14.3 Å². The third-order valence-electron chi connectivity index (χ3n) is 4.49. The molecule has 0 aliphatic carbocycles.